The third-order valence-corrected chi connectivity index (χ3v) is 2.69. The summed E-state index contributed by atoms with van der Waals surface area (Å²) in [4.78, 5) is 15.4. The minimum Gasteiger partial charge on any atom is -0.347 e. The molecule has 0 aliphatic heterocycles. The van der Waals surface area contributed by atoms with Crippen molar-refractivity contribution in [1.29, 1.82) is 0 Å². The van der Waals surface area contributed by atoms with Gasteiger partial charge in [0.15, 0.2) is 0 Å². The second kappa shape index (κ2) is 5.47. The van der Waals surface area contributed by atoms with Crippen LogP contribution in [0.3, 0.4) is 0 Å². The lowest BCUT2D eigenvalue weighted by atomic mass is 9.93. The molecule has 1 amide bonds. The van der Waals surface area contributed by atoms with Crippen molar-refractivity contribution in [2.24, 2.45) is 11.1 Å². The van der Waals surface area contributed by atoms with E-state index < -0.39 is 0 Å². The van der Waals surface area contributed by atoms with Gasteiger partial charge in [-0.1, -0.05) is 13.8 Å². The Bertz CT molecular complexity index is 214. The number of rotatable bonds is 5. The van der Waals surface area contributed by atoms with Crippen molar-refractivity contribution in [1.82, 2.24) is 9.80 Å². The van der Waals surface area contributed by atoms with Crippen LogP contribution in [0.15, 0.2) is 0 Å². The lowest BCUT2D eigenvalue weighted by Gasteiger charge is -2.33. The van der Waals surface area contributed by atoms with E-state index in [9.17, 15) is 4.79 Å². The molecule has 0 saturated carbocycles. The molecule has 4 nitrogen and oxygen atoms in total. The molecule has 15 heavy (non-hydrogen) atoms. The summed E-state index contributed by atoms with van der Waals surface area (Å²) in [5.74, 6) is 0.130. The molecule has 0 rings (SSSR count). The first-order valence-corrected chi connectivity index (χ1v) is 5.33. The zero-order valence-corrected chi connectivity index (χ0v) is 10.9. The highest BCUT2D eigenvalue weighted by molar-refractivity contribution is 5.80. The molecule has 90 valence electrons. The Kier molecular flexibility index (Phi) is 5.24. The van der Waals surface area contributed by atoms with Crippen LogP contribution in [0.5, 0.6) is 0 Å². The van der Waals surface area contributed by atoms with E-state index in [1.165, 1.54) is 0 Å². The van der Waals surface area contributed by atoms with Crippen LogP contribution in [0.25, 0.3) is 0 Å². The van der Waals surface area contributed by atoms with Crippen LogP contribution in [-0.2, 0) is 4.79 Å². The van der Waals surface area contributed by atoms with E-state index in [4.69, 9.17) is 5.73 Å². The van der Waals surface area contributed by atoms with E-state index in [1.807, 2.05) is 14.0 Å². The van der Waals surface area contributed by atoms with Gasteiger partial charge < -0.3 is 10.6 Å². The molecule has 0 heterocycles. The highest BCUT2D eigenvalue weighted by atomic mass is 16.2. The maximum atomic E-state index is 11.7. The van der Waals surface area contributed by atoms with Crippen molar-refractivity contribution in [3.63, 3.8) is 0 Å². The predicted molar refractivity (Wildman–Crippen MR) is 63.6 cm³/mol. The summed E-state index contributed by atoms with van der Waals surface area (Å²) in [6, 6.07) is -0.0918. The first-order valence-electron chi connectivity index (χ1n) is 5.33. The van der Waals surface area contributed by atoms with Crippen LogP contribution >= 0.6 is 0 Å². The quantitative estimate of drug-likeness (QED) is 0.721. The Hall–Kier alpha value is -0.610. The van der Waals surface area contributed by atoms with Crippen molar-refractivity contribution >= 4 is 5.91 Å². The molecule has 2 N–H and O–H groups in total. The number of nitrogens with zero attached hydrogens (tertiary/aromatic N) is 2. The summed E-state index contributed by atoms with van der Waals surface area (Å²) < 4.78 is 0. The van der Waals surface area contributed by atoms with Gasteiger partial charge in [0.2, 0.25) is 5.91 Å². The van der Waals surface area contributed by atoms with Crippen LogP contribution in [0.2, 0.25) is 0 Å². The Morgan fingerprint density at radius 2 is 1.80 bits per heavy atom. The number of amides is 1. The molecule has 0 aliphatic rings. The standard InChI is InChI=1S/C11H25N3O/c1-9(10(15)13(4)5)14(6)8-11(2,3)7-12/h9H,7-8,12H2,1-6H3. The summed E-state index contributed by atoms with van der Waals surface area (Å²) in [5.41, 5.74) is 5.72. The van der Waals surface area contributed by atoms with Crippen molar-refractivity contribution in [2.75, 3.05) is 34.2 Å². The van der Waals surface area contributed by atoms with Crippen LogP contribution in [0, 0.1) is 5.41 Å². The fourth-order valence-corrected chi connectivity index (χ4v) is 1.44. The minimum absolute atomic E-state index is 0.0512. The molecule has 0 aliphatic carbocycles. The zero-order chi connectivity index (χ0) is 12.2. The van der Waals surface area contributed by atoms with E-state index in [0.717, 1.165) is 6.54 Å². The lowest BCUT2D eigenvalue weighted by molar-refractivity contribution is -0.133. The lowest BCUT2D eigenvalue weighted by Crippen LogP contribution is -2.47. The predicted octanol–water partition coefficient (Wildman–Crippen LogP) is 0.380. The van der Waals surface area contributed by atoms with Gasteiger partial charge in [0.25, 0.3) is 0 Å². The molecule has 0 fully saturated rings. The molecule has 0 saturated heterocycles. The normalized spacial score (nSPS) is 14.1. The Morgan fingerprint density at radius 3 is 2.13 bits per heavy atom. The van der Waals surface area contributed by atoms with Crippen LogP contribution in [0.4, 0.5) is 0 Å². The van der Waals surface area contributed by atoms with E-state index in [1.54, 1.807) is 19.0 Å². The molecule has 4 heteroatoms. The molecule has 0 aromatic rings. The van der Waals surface area contributed by atoms with Gasteiger partial charge in [-0.25, -0.2) is 0 Å². The summed E-state index contributed by atoms with van der Waals surface area (Å²) in [7, 11) is 5.52. The van der Waals surface area contributed by atoms with Gasteiger partial charge in [-0.15, -0.1) is 0 Å². The number of hydrogen-bond donors (Lipinski definition) is 1. The zero-order valence-electron chi connectivity index (χ0n) is 10.9. The summed E-state index contributed by atoms with van der Waals surface area (Å²) in [5, 5.41) is 0. The van der Waals surface area contributed by atoms with E-state index in [0.29, 0.717) is 6.54 Å². The van der Waals surface area contributed by atoms with E-state index in [-0.39, 0.29) is 17.4 Å². The fourth-order valence-electron chi connectivity index (χ4n) is 1.44. The molecule has 0 spiro atoms. The molecule has 1 atom stereocenters. The van der Waals surface area contributed by atoms with Gasteiger partial charge in [0, 0.05) is 20.6 Å². The molecule has 0 radical (unpaired) electrons. The highest BCUT2D eigenvalue weighted by Gasteiger charge is 2.25. The molecule has 0 aromatic carbocycles. The minimum atomic E-state index is -0.0918. The van der Waals surface area contributed by atoms with Gasteiger partial charge in [0.05, 0.1) is 6.04 Å². The van der Waals surface area contributed by atoms with Gasteiger partial charge in [0.1, 0.15) is 0 Å². The first kappa shape index (κ1) is 14.4. The average Bonchev–Trinajstić information content (AvgIpc) is 2.14. The van der Waals surface area contributed by atoms with Crippen molar-refractivity contribution in [2.45, 2.75) is 26.8 Å². The largest absolute Gasteiger partial charge is 0.347 e. The maximum Gasteiger partial charge on any atom is 0.239 e. The van der Waals surface area contributed by atoms with Crippen molar-refractivity contribution in [3.8, 4) is 0 Å². The Labute approximate surface area is 93.4 Å². The average molecular weight is 215 g/mol. The second-order valence-corrected chi connectivity index (χ2v) is 5.19. The topological polar surface area (TPSA) is 49.6 Å². The van der Waals surface area contributed by atoms with Crippen LogP contribution in [0.1, 0.15) is 20.8 Å². The summed E-state index contributed by atoms with van der Waals surface area (Å²) in [6.07, 6.45) is 0. The number of carbonyl (C=O) groups excluding carboxylic acids is 1. The third kappa shape index (κ3) is 4.62. The third-order valence-electron chi connectivity index (χ3n) is 2.69. The van der Waals surface area contributed by atoms with Crippen molar-refractivity contribution < 1.29 is 4.79 Å². The fraction of sp³-hybridized carbons (Fsp3) is 0.909. The summed E-state index contributed by atoms with van der Waals surface area (Å²) in [6.45, 7) is 7.59. The molecule has 0 bridgehead atoms. The first-order chi connectivity index (χ1) is 6.71. The smallest absolute Gasteiger partial charge is 0.239 e. The molecule has 1 unspecified atom stereocenters. The monoisotopic (exact) mass is 215 g/mol. The van der Waals surface area contributed by atoms with Gasteiger partial charge in [-0.2, -0.15) is 0 Å². The molecule has 0 aromatic heterocycles. The summed E-state index contributed by atoms with van der Waals surface area (Å²) >= 11 is 0. The highest BCUT2D eigenvalue weighted by Crippen LogP contribution is 2.15. The number of nitrogens with two attached hydrogens (primary N) is 1. The molecular formula is C11H25N3O. The van der Waals surface area contributed by atoms with Crippen LogP contribution in [-0.4, -0.2) is 56.0 Å². The van der Waals surface area contributed by atoms with Gasteiger partial charge in [-0.3, -0.25) is 9.69 Å². The number of carbonyl (C=O) groups is 1. The van der Waals surface area contributed by atoms with Gasteiger partial charge >= 0.3 is 0 Å². The maximum absolute atomic E-state index is 11.7. The second-order valence-electron chi connectivity index (χ2n) is 5.19. The van der Waals surface area contributed by atoms with Crippen molar-refractivity contribution in [3.05, 3.63) is 0 Å². The number of likely N-dealkylation sites (N-methyl/N-ethyl adjacent to an activating group) is 2. The number of hydrogen-bond acceptors (Lipinski definition) is 3. The SMILES string of the molecule is CC(C(=O)N(C)C)N(C)CC(C)(C)CN. The van der Waals surface area contributed by atoms with Gasteiger partial charge in [-0.05, 0) is 25.9 Å². The van der Waals surface area contributed by atoms with Crippen LogP contribution < -0.4 is 5.73 Å². The van der Waals surface area contributed by atoms with E-state index >= 15 is 0 Å². The molecular weight excluding hydrogens is 190 g/mol. The Morgan fingerprint density at radius 1 is 1.33 bits per heavy atom. The van der Waals surface area contributed by atoms with E-state index in [2.05, 4.69) is 18.7 Å². The Balaban J connectivity index is 4.33.